The molecule has 0 fully saturated rings. The van der Waals surface area contributed by atoms with Gasteiger partial charge in [0.2, 0.25) is 0 Å². The Kier molecular flexibility index (Phi) is 6.90. The van der Waals surface area contributed by atoms with Crippen LogP contribution < -0.4 is 10.1 Å². The first-order chi connectivity index (χ1) is 14.4. The highest BCUT2D eigenvalue weighted by molar-refractivity contribution is 5.91. The molecule has 0 saturated carbocycles. The number of halogens is 1. The number of benzene rings is 2. The molecule has 0 atom stereocenters. The minimum absolute atomic E-state index is 0.281. The van der Waals surface area contributed by atoms with Gasteiger partial charge in [0.25, 0.3) is 0 Å². The average molecular weight is 410 g/mol. The summed E-state index contributed by atoms with van der Waals surface area (Å²) < 4.78 is 21.4. The highest BCUT2D eigenvalue weighted by Gasteiger charge is 2.22. The molecule has 3 rings (SSSR count). The van der Waals surface area contributed by atoms with Crippen molar-refractivity contribution in [1.82, 2.24) is 9.88 Å². The van der Waals surface area contributed by atoms with Gasteiger partial charge in [0, 0.05) is 35.6 Å². The molecule has 3 aromatic rings. The first-order valence-corrected chi connectivity index (χ1v) is 10.00. The van der Waals surface area contributed by atoms with E-state index in [1.807, 2.05) is 42.7 Å². The lowest BCUT2D eigenvalue weighted by molar-refractivity contribution is 0.0694. The molecule has 30 heavy (non-hydrogen) atoms. The molecule has 0 aliphatic heterocycles. The monoisotopic (exact) mass is 410 g/mol. The van der Waals surface area contributed by atoms with Crippen molar-refractivity contribution in [2.75, 3.05) is 6.61 Å². The second kappa shape index (κ2) is 9.59. The number of nitrogens with zero attached hydrogens (tertiary/aromatic N) is 1. The largest absolute Gasteiger partial charge is 0.494 e. The number of hydrogen-bond acceptors (Lipinski definition) is 3. The fraction of sp³-hybridized carbons (Fsp3) is 0.292. The van der Waals surface area contributed by atoms with Crippen molar-refractivity contribution in [3.63, 3.8) is 0 Å². The lowest BCUT2D eigenvalue weighted by Gasteiger charge is -2.11. The molecular formula is C24H27FN2O3. The van der Waals surface area contributed by atoms with Gasteiger partial charge in [-0.2, -0.15) is 0 Å². The van der Waals surface area contributed by atoms with Gasteiger partial charge in [-0.15, -0.1) is 0 Å². The normalized spacial score (nSPS) is 10.9. The van der Waals surface area contributed by atoms with Crippen molar-refractivity contribution in [1.29, 1.82) is 0 Å². The van der Waals surface area contributed by atoms with E-state index >= 15 is 0 Å². The summed E-state index contributed by atoms with van der Waals surface area (Å²) in [6, 6.07) is 14.4. The smallest absolute Gasteiger partial charge is 0.337 e. The highest BCUT2D eigenvalue weighted by atomic mass is 19.1. The van der Waals surface area contributed by atoms with Gasteiger partial charge in [-0.25, -0.2) is 9.18 Å². The molecule has 0 radical (unpaired) electrons. The number of carboxylic acid groups (broad SMARTS) is 1. The number of aromatic carboxylic acids is 1. The second-order valence-corrected chi connectivity index (χ2v) is 7.19. The Morgan fingerprint density at radius 3 is 2.40 bits per heavy atom. The van der Waals surface area contributed by atoms with E-state index in [9.17, 15) is 14.3 Å². The first kappa shape index (κ1) is 21.6. The minimum atomic E-state index is -0.972. The molecule has 0 unspecified atom stereocenters. The molecule has 6 heteroatoms. The molecule has 2 aromatic carbocycles. The quantitative estimate of drug-likeness (QED) is 0.538. The maximum Gasteiger partial charge on any atom is 0.337 e. The van der Waals surface area contributed by atoms with Crippen molar-refractivity contribution in [3.8, 4) is 5.75 Å². The standard InChI is InChI=1S/C24H27FN2O3/c1-4-30-20-11-9-18(10-12-20)13-26-14-21-16(2)27(17(3)23(21)24(28)29)15-19-7-5-6-8-22(19)25/h5-12,26H,4,13-15H2,1-3H3,(H,28,29). The van der Waals surface area contributed by atoms with Gasteiger partial charge in [0.05, 0.1) is 18.7 Å². The fourth-order valence-corrected chi connectivity index (χ4v) is 3.69. The Balaban J connectivity index is 1.78. The molecule has 158 valence electrons. The average Bonchev–Trinajstić information content (AvgIpc) is 2.95. The summed E-state index contributed by atoms with van der Waals surface area (Å²) in [7, 11) is 0. The topological polar surface area (TPSA) is 63.5 Å². The van der Waals surface area contributed by atoms with Gasteiger partial charge in [-0.05, 0) is 44.5 Å². The molecule has 1 heterocycles. The Hall–Kier alpha value is -3.12. The summed E-state index contributed by atoms with van der Waals surface area (Å²) in [5, 5.41) is 13.1. The summed E-state index contributed by atoms with van der Waals surface area (Å²) in [5.41, 5.74) is 4.07. The van der Waals surface area contributed by atoms with Crippen LogP contribution in [0.25, 0.3) is 0 Å². The summed E-state index contributed by atoms with van der Waals surface area (Å²) >= 11 is 0. The number of carbonyl (C=O) groups is 1. The maximum atomic E-state index is 14.1. The van der Waals surface area contributed by atoms with Gasteiger partial charge in [0.1, 0.15) is 11.6 Å². The van der Waals surface area contributed by atoms with Crippen molar-refractivity contribution < 1.29 is 19.0 Å². The van der Waals surface area contributed by atoms with E-state index < -0.39 is 5.97 Å². The van der Waals surface area contributed by atoms with Crippen LogP contribution in [0.4, 0.5) is 4.39 Å². The van der Waals surface area contributed by atoms with Gasteiger partial charge in [0.15, 0.2) is 0 Å². The fourth-order valence-electron chi connectivity index (χ4n) is 3.69. The number of rotatable bonds is 9. The van der Waals surface area contributed by atoms with Crippen molar-refractivity contribution in [2.45, 2.75) is 40.4 Å². The number of ether oxygens (including phenoxy) is 1. The summed E-state index contributed by atoms with van der Waals surface area (Å²) in [4.78, 5) is 11.9. The summed E-state index contributed by atoms with van der Waals surface area (Å²) in [6.07, 6.45) is 0. The Morgan fingerprint density at radius 1 is 1.07 bits per heavy atom. The van der Waals surface area contributed by atoms with Crippen LogP contribution in [0.3, 0.4) is 0 Å². The highest BCUT2D eigenvalue weighted by Crippen LogP contribution is 2.24. The second-order valence-electron chi connectivity index (χ2n) is 7.19. The van der Waals surface area contributed by atoms with Crippen LogP contribution >= 0.6 is 0 Å². The molecule has 2 N–H and O–H groups in total. The van der Waals surface area contributed by atoms with Crippen molar-refractivity contribution >= 4 is 5.97 Å². The van der Waals surface area contributed by atoms with E-state index in [4.69, 9.17) is 4.74 Å². The van der Waals surface area contributed by atoms with E-state index in [-0.39, 0.29) is 11.4 Å². The molecule has 0 saturated heterocycles. The zero-order valence-electron chi connectivity index (χ0n) is 17.5. The molecular weight excluding hydrogens is 383 g/mol. The lowest BCUT2D eigenvalue weighted by Crippen LogP contribution is -2.15. The van der Waals surface area contributed by atoms with Gasteiger partial charge >= 0.3 is 5.97 Å². The third-order valence-electron chi connectivity index (χ3n) is 5.28. The van der Waals surface area contributed by atoms with Crippen LogP contribution in [-0.2, 0) is 19.6 Å². The predicted molar refractivity (Wildman–Crippen MR) is 115 cm³/mol. The molecule has 1 aromatic heterocycles. The zero-order valence-corrected chi connectivity index (χ0v) is 17.5. The number of carboxylic acids is 1. The Morgan fingerprint density at radius 2 is 1.77 bits per heavy atom. The summed E-state index contributed by atoms with van der Waals surface area (Å²) in [6.45, 7) is 7.52. The molecule has 0 aliphatic rings. The minimum Gasteiger partial charge on any atom is -0.494 e. The van der Waals surface area contributed by atoms with Crippen LogP contribution in [0.2, 0.25) is 0 Å². The first-order valence-electron chi connectivity index (χ1n) is 10.00. The molecule has 0 aliphatic carbocycles. The van der Waals surface area contributed by atoms with Crippen LogP contribution in [0.5, 0.6) is 5.75 Å². The van der Waals surface area contributed by atoms with Crippen molar-refractivity contribution in [2.24, 2.45) is 0 Å². The molecule has 0 spiro atoms. The molecule has 5 nitrogen and oxygen atoms in total. The van der Waals surface area contributed by atoms with Gasteiger partial charge in [-0.3, -0.25) is 0 Å². The number of hydrogen-bond donors (Lipinski definition) is 2. The predicted octanol–water partition coefficient (Wildman–Crippen LogP) is 4.68. The summed E-state index contributed by atoms with van der Waals surface area (Å²) in [5.74, 6) is -0.441. The van der Waals surface area contributed by atoms with E-state index in [2.05, 4.69) is 5.32 Å². The number of aromatic nitrogens is 1. The van der Waals surface area contributed by atoms with E-state index in [1.54, 1.807) is 25.1 Å². The maximum absolute atomic E-state index is 14.1. The van der Waals surface area contributed by atoms with Crippen molar-refractivity contribution in [3.05, 3.63) is 88.0 Å². The third kappa shape index (κ3) is 4.71. The number of nitrogens with one attached hydrogen (secondary N) is 1. The van der Waals surface area contributed by atoms with Gasteiger partial charge in [-0.1, -0.05) is 30.3 Å². The van der Waals surface area contributed by atoms with Crippen LogP contribution in [0.1, 0.15) is 45.4 Å². The Bertz CT molecular complexity index is 1030. The molecule has 0 amide bonds. The third-order valence-corrected chi connectivity index (χ3v) is 5.28. The van der Waals surface area contributed by atoms with Gasteiger partial charge < -0.3 is 19.7 Å². The zero-order chi connectivity index (χ0) is 21.7. The van der Waals surface area contributed by atoms with E-state index in [0.717, 1.165) is 22.6 Å². The molecule has 0 bridgehead atoms. The van der Waals surface area contributed by atoms with E-state index in [1.165, 1.54) is 6.07 Å². The van der Waals surface area contributed by atoms with Crippen LogP contribution in [0, 0.1) is 19.7 Å². The van der Waals surface area contributed by atoms with Crippen LogP contribution in [-0.4, -0.2) is 22.2 Å². The lowest BCUT2D eigenvalue weighted by atomic mass is 10.1. The SMILES string of the molecule is CCOc1ccc(CNCc2c(C(=O)O)c(C)n(Cc3ccccc3F)c2C)cc1. The Labute approximate surface area is 176 Å². The van der Waals surface area contributed by atoms with Crippen LogP contribution in [0.15, 0.2) is 48.5 Å². The van der Waals surface area contributed by atoms with E-state index in [0.29, 0.717) is 37.5 Å².